The number of rotatable bonds is 7. The molecule has 5 heteroatoms. The first-order valence-corrected chi connectivity index (χ1v) is 7.69. The minimum atomic E-state index is -1.00. The molecule has 1 unspecified atom stereocenters. The standard InChI is InChI=1S/C16H18BrNO3/c1-2-3-4-13(14(19)20)18-15(21)16(9-10-16)11-5-7-12(17)8-6-11/h2,5-8,13H,1,3-4,9-10H2,(H,18,21)(H,19,20). The second-order valence-corrected chi connectivity index (χ2v) is 6.23. The molecule has 4 nitrogen and oxygen atoms in total. The zero-order chi connectivity index (χ0) is 15.5. The van der Waals surface area contributed by atoms with Crippen LogP contribution in [-0.2, 0) is 15.0 Å². The Balaban J connectivity index is 2.09. The van der Waals surface area contributed by atoms with E-state index in [1.807, 2.05) is 24.3 Å². The van der Waals surface area contributed by atoms with E-state index < -0.39 is 17.4 Å². The molecule has 0 bridgehead atoms. The molecule has 0 radical (unpaired) electrons. The third-order valence-corrected chi connectivity index (χ3v) is 4.37. The van der Waals surface area contributed by atoms with Crippen LogP contribution in [0.3, 0.4) is 0 Å². The minimum absolute atomic E-state index is 0.193. The highest BCUT2D eigenvalue weighted by Crippen LogP contribution is 2.48. The molecule has 0 spiro atoms. The van der Waals surface area contributed by atoms with Crippen LogP contribution in [0.15, 0.2) is 41.4 Å². The number of amides is 1. The van der Waals surface area contributed by atoms with Gasteiger partial charge in [0.25, 0.3) is 0 Å². The van der Waals surface area contributed by atoms with Gasteiger partial charge in [-0.25, -0.2) is 4.79 Å². The first-order chi connectivity index (χ1) is 9.99. The monoisotopic (exact) mass is 351 g/mol. The average Bonchev–Trinajstić information content (AvgIpc) is 3.25. The van der Waals surface area contributed by atoms with Gasteiger partial charge in [0.2, 0.25) is 5.91 Å². The Kier molecular flexibility index (Phi) is 4.83. The molecule has 1 amide bonds. The zero-order valence-electron chi connectivity index (χ0n) is 11.6. The molecule has 0 aliphatic heterocycles. The van der Waals surface area contributed by atoms with Gasteiger partial charge in [-0.3, -0.25) is 4.79 Å². The number of hydrogen-bond donors (Lipinski definition) is 2. The van der Waals surface area contributed by atoms with Crippen molar-refractivity contribution in [2.75, 3.05) is 0 Å². The summed E-state index contributed by atoms with van der Waals surface area (Å²) >= 11 is 3.37. The molecule has 2 rings (SSSR count). The lowest BCUT2D eigenvalue weighted by Crippen LogP contribution is -2.45. The predicted molar refractivity (Wildman–Crippen MR) is 84.1 cm³/mol. The molecule has 0 saturated heterocycles. The maximum Gasteiger partial charge on any atom is 0.326 e. The molecule has 0 aromatic heterocycles. The fourth-order valence-electron chi connectivity index (χ4n) is 2.38. The van der Waals surface area contributed by atoms with Crippen LogP contribution >= 0.6 is 15.9 Å². The molecular formula is C16H18BrNO3. The molecular weight excluding hydrogens is 334 g/mol. The van der Waals surface area contributed by atoms with E-state index in [1.165, 1.54) is 0 Å². The Morgan fingerprint density at radius 1 is 1.38 bits per heavy atom. The summed E-state index contributed by atoms with van der Waals surface area (Å²) in [6.07, 6.45) is 4.09. The first kappa shape index (κ1) is 15.8. The van der Waals surface area contributed by atoms with Gasteiger partial charge in [-0.05, 0) is 43.4 Å². The Morgan fingerprint density at radius 2 is 2.00 bits per heavy atom. The molecule has 1 fully saturated rings. The van der Waals surface area contributed by atoms with Crippen molar-refractivity contribution in [2.24, 2.45) is 0 Å². The Morgan fingerprint density at radius 3 is 2.48 bits per heavy atom. The Bertz CT molecular complexity index is 549. The number of aliphatic carboxylic acids is 1. The lowest BCUT2D eigenvalue weighted by Gasteiger charge is -2.20. The van der Waals surface area contributed by atoms with Crippen LogP contribution in [-0.4, -0.2) is 23.0 Å². The number of nitrogens with one attached hydrogen (secondary N) is 1. The topological polar surface area (TPSA) is 66.4 Å². The number of benzene rings is 1. The molecule has 1 aliphatic rings. The van der Waals surface area contributed by atoms with Crippen LogP contribution in [0.25, 0.3) is 0 Å². The third-order valence-electron chi connectivity index (χ3n) is 3.84. The Labute approximate surface area is 132 Å². The van der Waals surface area contributed by atoms with E-state index in [-0.39, 0.29) is 5.91 Å². The fraction of sp³-hybridized carbons (Fsp3) is 0.375. The molecule has 2 N–H and O–H groups in total. The molecule has 1 aliphatic carbocycles. The summed E-state index contributed by atoms with van der Waals surface area (Å²) in [4.78, 5) is 23.7. The van der Waals surface area contributed by atoms with Crippen molar-refractivity contribution in [3.63, 3.8) is 0 Å². The van der Waals surface area contributed by atoms with Crippen molar-refractivity contribution in [1.29, 1.82) is 0 Å². The quantitative estimate of drug-likeness (QED) is 0.742. The van der Waals surface area contributed by atoms with Crippen molar-refractivity contribution >= 4 is 27.8 Å². The van der Waals surface area contributed by atoms with Gasteiger partial charge >= 0.3 is 5.97 Å². The molecule has 21 heavy (non-hydrogen) atoms. The van der Waals surface area contributed by atoms with E-state index in [0.717, 1.165) is 22.9 Å². The van der Waals surface area contributed by atoms with Crippen LogP contribution in [0, 0.1) is 0 Å². The van der Waals surface area contributed by atoms with Gasteiger partial charge in [-0.2, -0.15) is 0 Å². The van der Waals surface area contributed by atoms with E-state index in [9.17, 15) is 14.7 Å². The van der Waals surface area contributed by atoms with Gasteiger partial charge in [0.15, 0.2) is 0 Å². The van der Waals surface area contributed by atoms with Crippen molar-refractivity contribution in [3.8, 4) is 0 Å². The number of halogens is 1. The normalized spacial score (nSPS) is 16.8. The summed E-state index contributed by atoms with van der Waals surface area (Å²) < 4.78 is 0.955. The molecule has 112 valence electrons. The van der Waals surface area contributed by atoms with Crippen LogP contribution in [0.1, 0.15) is 31.2 Å². The SMILES string of the molecule is C=CCCC(NC(=O)C1(c2ccc(Br)cc2)CC1)C(=O)O. The molecule has 1 saturated carbocycles. The number of carbonyl (C=O) groups is 2. The number of carboxylic acids is 1. The number of carbonyl (C=O) groups excluding carboxylic acids is 1. The van der Waals surface area contributed by atoms with Crippen LogP contribution in [0.4, 0.5) is 0 Å². The highest BCUT2D eigenvalue weighted by molar-refractivity contribution is 9.10. The predicted octanol–water partition coefficient (Wildman–Crippen LogP) is 3.02. The van der Waals surface area contributed by atoms with E-state index in [2.05, 4.69) is 27.8 Å². The summed E-state index contributed by atoms with van der Waals surface area (Å²) in [5, 5.41) is 11.9. The van der Waals surface area contributed by atoms with Gasteiger partial charge in [0, 0.05) is 4.47 Å². The minimum Gasteiger partial charge on any atom is -0.480 e. The second kappa shape index (κ2) is 6.43. The molecule has 1 aromatic carbocycles. The highest BCUT2D eigenvalue weighted by Gasteiger charge is 2.51. The average molecular weight is 352 g/mol. The fourth-order valence-corrected chi connectivity index (χ4v) is 2.64. The zero-order valence-corrected chi connectivity index (χ0v) is 13.2. The largest absolute Gasteiger partial charge is 0.480 e. The number of hydrogen-bond acceptors (Lipinski definition) is 2. The highest BCUT2D eigenvalue weighted by atomic mass is 79.9. The smallest absolute Gasteiger partial charge is 0.326 e. The number of carboxylic acid groups (broad SMARTS) is 1. The van der Waals surface area contributed by atoms with Crippen molar-refractivity contribution in [3.05, 3.63) is 47.0 Å². The van der Waals surface area contributed by atoms with Gasteiger partial charge in [-0.1, -0.05) is 34.1 Å². The van der Waals surface area contributed by atoms with E-state index in [4.69, 9.17) is 0 Å². The lowest BCUT2D eigenvalue weighted by molar-refractivity contribution is -0.142. The van der Waals surface area contributed by atoms with Crippen LogP contribution in [0.5, 0.6) is 0 Å². The summed E-state index contributed by atoms with van der Waals surface area (Å²) in [5.41, 5.74) is 0.388. The van der Waals surface area contributed by atoms with Crippen LogP contribution in [0.2, 0.25) is 0 Å². The van der Waals surface area contributed by atoms with Gasteiger partial charge < -0.3 is 10.4 Å². The summed E-state index contributed by atoms with van der Waals surface area (Å²) in [6.45, 7) is 3.58. The van der Waals surface area contributed by atoms with Crippen LogP contribution < -0.4 is 5.32 Å². The van der Waals surface area contributed by atoms with E-state index >= 15 is 0 Å². The van der Waals surface area contributed by atoms with Gasteiger partial charge in [0.05, 0.1) is 5.41 Å². The maximum atomic E-state index is 12.5. The third kappa shape index (κ3) is 3.53. The number of allylic oxidation sites excluding steroid dienone is 1. The van der Waals surface area contributed by atoms with Gasteiger partial charge in [0.1, 0.15) is 6.04 Å². The first-order valence-electron chi connectivity index (χ1n) is 6.90. The van der Waals surface area contributed by atoms with E-state index in [1.54, 1.807) is 6.08 Å². The summed E-state index contributed by atoms with van der Waals surface area (Å²) in [5.74, 6) is -1.20. The summed E-state index contributed by atoms with van der Waals surface area (Å²) in [6, 6.07) is 6.76. The van der Waals surface area contributed by atoms with Crippen molar-refractivity contribution in [1.82, 2.24) is 5.32 Å². The second-order valence-electron chi connectivity index (χ2n) is 5.32. The lowest BCUT2D eigenvalue weighted by atomic mass is 9.94. The Hall–Kier alpha value is -1.62. The summed E-state index contributed by atoms with van der Waals surface area (Å²) in [7, 11) is 0. The molecule has 1 atom stereocenters. The maximum absolute atomic E-state index is 12.5. The van der Waals surface area contributed by atoms with E-state index in [0.29, 0.717) is 12.8 Å². The molecule has 1 aromatic rings. The van der Waals surface area contributed by atoms with Gasteiger partial charge in [-0.15, -0.1) is 6.58 Å². The van der Waals surface area contributed by atoms with Crippen molar-refractivity contribution < 1.29 is 14.7 Å². The van der Waals surface area contributed by atoms with Crippen molar-refractivity contribution in [2.45, 2.75) is 37.1 Å². The molecule has 0 heterocycles.